The maximum Gasteiger partial charge on any atom is 0.284 e. The van der Waals surface area contributed by atoms with Crippen LogP contribution in [0.25, 0.3) is 20.2 Å². The van der Waals surface area contributed by atoms with E-state index >= 15 is 0 Å². The van der Waals surface area contributed by atoms with Crippen LogP contribution in [0.4, 0.5) is 0 Å². The van der Waals surface area contributed by atoms with Crippen molar-refractivity contribution in [2.75, 3.05) is 0 Å². The molecule has 19 heavy (non-hydrogen) atoms. The molecular formula is C15H9BrOS2. The van der Waals surface area contributed by atoms with E-state index in [1.54, 1.807) is 11.3 Å². The van der Waals surface area contributed by atoms with Gasteiger partial charge in [0.1, 0.15) is 5.06 Å². The molecule has 0 amide bonds. The van der Waals surface area contributed by atoms with Crippen molar-refractivity contribution in [3.8, 4) is 25.3 Å². The van der Waals surface area contributed by atoms with Crippen LogP contribution in [0.1, 0.15) is 0 Å². The summed E-state index contributed by atoms with van der Waals surface area (Å²) in [7, 11) is 0. The molecule has 0 aliphatic heterocycles. The second-order valence-electron chi connectivity index (χ2n) is 3.98. The summed E-state index contributed by atoms with van der Waals surface area (Å²) >= 11 is 6.29. The molecule has 1 heterocycles. The summed E-state index contributed by atoms with van der Waals surface area (Å²) in [5.74, 6) is 0. The first-order valence-electron chi connectivity index (χ1n) is 5.69. The van der Waals surface area contributed by atoms with E-state index < -0.39 is 0 Å². The summed E-state index contributed by atoms with van der Waals surface area (Å²) in [5, 5.41) is 12.2. The Balaban J connectivity index is 2.05. The van der Waals surface area contributed by atoms with E-state index in [2.05, 4.69) is 15.9 Å². The molecule has 3 rings (SSSR count). The Morgan fingerprint density at radius 2 is 1.58 bits per heavy atom. The van der Waals surface area contributed by atoms with Crippen LogP contribution in [-0.2, 0) is 0 Å². The van der Waals surface area contributed by atoms with Gasteiger partial charge in [0.2, 0.25) is 0 Å². The number of hydrogen-bond donors (Lipinski definition) is 0. The predicted octanol–water partition coefficient (Wildman–Crippen LogP) is 5.26. The van der Waals surface area contributed by atoms with Gasteiger partial charge in [-0.05, 0) is 24.3 Å². The van der Waals surface area contributed by atoms with Gasteiger partial charge >= 0.3 is 0 Å². The molecule has 0 bridgehead atoms. The molecule has 94 valence electrons. The quantitative estimate of drug-likeness (QED) is 0.579. The molecule has 0 saturated heterocycles. The Kier molecular flexibility index (Phi) is 3.64. The highest BCUT2D eigenvalue weighted by Crippen LogP contribution is 2.45. The van der Waals surface area contributed by atoms with Crippen LogP contribution in [0.3, 0.4) is 0 Å². The summed E-state index contributed by atoms with van der Waals surface area (Å²) in [6.45, 7) is 0. The fraction of sp³-hybridized carbons (Fsp3) is 0. The second-order valence-corrected chi connectivity index (χ2v) is 7.16. The van der Waals surface area contributed by atoms with Crippen LogP contribution < -0.4 is 5.11 Å². The normalized spacial score (nSPS) is 10.6. The van der Waals surface area contributed by atoms with Crippen LogP contribution in [0.5, 0.6) is 5.06 Å². The molecule has 0 spiro atoms. The highest BCUT2D eigenvalue weighted by Gasteiger charge is 2.19. The molecule has 2 aromatic carbocycles. The van der Waals surface area contributed by atoms with Gasteiger partial charge in [-0.25, -0.2) is 0 Å². The lowest BCUT2D eigenvalue weighted by molar-refractivity contribution is -0.260. The Morgan fingerprint density at radius 3 is 2.26 bits per heavy atom. The monoisotopic (exact) mass is 348 g/mol. The van der Waals surface area contributed by atoms with Gasteiger partial charge in [-0.15, -0.1) is 0 Å². The molecule has 4 heteroatoms. The lowest BCUT2D eigenvalue weighted by atomic mass is 10.2. The zero-order chi connectivity index (χ0) is 13.2. The molecule has 1 aromatic heterocycles. The van der Waals surface area contributed by atoms with Crippen molar-refractivity contribution in [2.24, 2.45) is 0 Å². The molecule has 0 radical (unpaired) electrons. The summed E-state index contributed by atoms with van der Waals surface area (Å²) < 4.78 is 2.08. The van der Waals surface area contributed by atoms with Gasteiger partial charge in [-0.1, -0.05) is 46.3 Å². The zero-order valence-corrected chi connectivity index (χ0v) is 13.0. The summed E-state index contributed by atoms with van der Waals surface area (Å²) in [6.07, 6.45) is 0. The minimum Gasteiger partial charge on any atom is -0.845 e. The average molecular weight is 349 g/mol. The van der Waals surface area contributed by atoms with Crippen molar-refractivity contribution in [2.45, 2.75) is 0 Å². The van der Waals surface area contributed by atoms with E-state index in [4.69, 9.17) is 0 Å². The number of halogens is 1. The molecule has 0 aliphatic carbocycles. The molecule has 0 atom stereocenters. The third-order valence-electron chi connectivity index (χ3n) is 2.68. The van der Waals surface area contributed by atoms with Gasteiger partial charge in [0.25, 0.3) is 4.19 Å². The van der Waals surface area contributed by atoms with Crippen LogP contribution in [0, 0.1) is 0 Å². The summed E-state index contributed by atoms with van der Waals surface area (Å²) in [4.78, 5) is 0.816. The van der Waals surface area contributed by atoms with E-state index in [9.17, 15) is 5.11 Å². The highest BCUT2D eigenvalue weighted by molar-refractivity contribution is 9.10. The lowest BCUT2D eigenvalue weighted by Crippen LogP contribution is -1.86. The third-order valence-corrected chi connectivity index (χ3v) is 5.70. The smallest absolute Gasteiger partial charge is 0.284 e. The van der Waals surface area contributed by atoms with E-state index in [0.717, 1.165) is 24.7 Å². The Hall–Kier alpha value is -1.23. The summed E-state index contributed by atoms with van der Waals surface area (Å²) in [5.41, 5.74) is 2.09. The molecular weight excluding hydrogens is 340 g/mol. The van der Waals surface area contributed by atoms with Crippen molar-refractivity contribution in [1.29, 1.82) is 0 Å². The molecule has 1 nitrogen and oxygen atoms in total. The molecule has 3 aromatic rings. The average Bonchev–Trinajstić information content (AvgIpc) is 2.83. The first-order valence-corrected chi connectivity index (χ1v) is 8.12. The van der Waals surface area contributed by atoms with E-state index in [1.165, 1.54) is 11.3 Å². The highest BCUT2D eigenvalue weighted by atomic mass is 79.9. The van der Waals surface area contributed by atoms with Crippen molar-refractivity contribution in [3.05, 3.63) is 59.1 Å². The lowest BCUT2D eigenvalue weighted by Gasteiger charge is -1.98. The number of benzene rings is 2. The minimum atomic E-state index is 0.131. The van der Waals surface area contributed by atoms with Crippen LogP contribution >= 0.6 is 38.6 Å². The largest absolute Gasteiger partial charge is 0.845 e. The topological polar surface area (TPSA) is 23.1 Å². The van der Waals surface area contributed by atoms with Gasteiger partial charge in [0.05, 0.1) is 22.7 Å². The standard InChI is InChI=1S/C15H9BrOS2/c16-12-8-6-10(7-9-12)13-14(17)19-15(18-13)11-4-2-1-3-5-11/h1-9H. The zero-order valence-electron chi connectivity index (χ0n) is 9.80. The summed E-state index contributed by atoms with van der Waals surface area (Å²) in [6, 6.07) is 17.9. The Labute approximate surface area is 127 Å². The Bertz CT molecular complexity index is 690. The van der Waals surface area contributed by atoms with Gasteiger partial charge in [0, 0.05) is 15.6 Å². The van der Waals surface area contributed by atoms with Crippen LogP contribution in [0.15, 0.2) is 59.1 Å². The van der Waals surface area contributed by atoms with Crippen molar-refractivity contribution >= 4 is 38.6 Å². The van der Waals surface area contributed by atoms with Gasteiger partial charge in [0.15, 0.2) is 4.88 Å². The van der Waals surface area contributed by atoms with Crippen molar-refractivity contribution in [3.63, 3.8) is 0 Å². The van der Waals surface area contributed by atoms with Crippen molar-refractivity contribution < 1.29 is 5.11 Å². The molecule has 0 saturated carbocycles. The van der Waals surface area contributed by atoms with E-state index in [0.29, 0.717) is 0 Å². The second kappa shape index (κ2) is 5.41. The molecule has 0 N–H and O–H groups in total. The maximum absolute atomic E-state index is 12.1. The SMILES string of the molecule is [O-]c1[s+]c(-c2ccccc2)sc1-c1ccc(Br)cc1. The Morgan fingerprint density at radius 1 is 0.895 bits per heavy atom. The van der Waals surface area contributed by atoms with Crippen molar-refractivity contribution in [1.82, 2.24) is 0 Å². The van der Waals surface area contributed by atoms with Gasteiger partial charge < -0.3 is 5.11 Å². The first kappa shape index (κ1) is 12.8. The number of rotatable bonds is 2. The van der Waals surface area contributed by atoms with E-state index in [1.807, 2.05) is 54.6 Å². The maximum atomic E-state index is 12.1. The number of hydrogen-bond acceptors (Lipinski definition) is 2. The fourth-order valence-corrected chi connectivity index (χ4v) is 4.32. The predicted molar refractivity (Wildman–Crippen MR) is 84.6 cm³/mol. The third kappa shape index (κ3) is 2.71. The van der Waals surface area contributed by atoms with Gasteiger partial charge in [-0.2, -0.15) is 0 Å². The molecule has 0 aliphatic rings. The molecule has 0 unspecified atom stereocenters. The minimum absolute atomic E-state index is 0.131. The van der Waals surface area contributed by atoms with Crippen LogP contribution in [0.2, 0.25) is 0 Å². The first-order chi connectivity index (χ1) is 9.24. The van der Waals surface area contributed by atoms with Crippen LogP contribution in [-0.4, -0.2) is 0 Å². The van der Waals surface area contributed by atoms with E-state index in [-0.39, 0.29) is 5.06 Å². The molecule has 0 fully saturated rings. The fourth-order valence-electron chi connectivity index (χ4n) is 1.76. The van der Waals surface area contributed by atoms with Gasteiger partial charge in [-0.3, -0.25) is 0 Å².